The van der Waals surface area contributed by atoms with Crippen LogP contribution in [0.2, 0.25) is 0 Å². The van der Waals surface area contributed by atoms with Crippen LogP contribution in [-0.4, -0.2) is 40.9 Å². The molecule has 2 aromatic heterocycles. The van der Waals surface area contributed by atoms with E-state index in [1.165, 1.54) is 31.3 Å². The van der Waals surface area contributed by atoms with Gasteiger partial charge in [0.15, 0.2) is 0 Å². The number of pyridine rings is 1. The Hall–Kier alpha value is -2.33. The second kappa shape index (κ2) is 5.35. The highest BCUT2D eigenvalue weighted by molar-refractivity contribution is 5.99. The fourth-order valence-electron chi connectivity index (χ4n) is 4.35. The van der Waals surface area contributed by atoms with Crippen LogP contribution in [0.5, 0.6) is 0 Å². The van der Waals surface area contributed by atoms with Gasteiger partial charge < -0.3 is 14.6 Å². The zero-order valence-electron chi connectivity index (χ0n) is 13.6. The van der Waals surface area contributed by atoms with Crippen molar-refractivity contribution in [3.05, 3.63) is 54.2 Å². The van der Waals surface area contributed by atoms with Gasteiger partial charge in [0.05, 0.1) is 5.52 Å². The summed E-state index contributed by atoms with van der Waals surface area (Å²) in [6.07, 6.45) is 4.48. The lowest BCUT2D eigenvalue weighted by molar-refractivity contribution is 0.0620. The first-order valence-corrected chi connectivity index (χ1v) is 8.81. The summed E-state index contributed by atoms with van der Waals surface area (Å²) in [7, 11) is 0. The number of amides is 1. The van der Waals surface area contributed by atoms with Crippen molar-refractivity contribution < 1.29 is 4.79 Å². The van der Waals surface area contributed by atoms with E-state index in [0.717, 1.165) is 23.1 Å². The number of piperidine rings is 3. The first-order chi connectivity index (χ1) is 11.8. The summed E-state index contributed by atoms with van der Waals surface area (Å²) in [5.74, 6) is 0.707. The molecule has 0 radical (unpaired) electrons. The molecule has 1 atom stereocenters. The third-order valence-corrected chi connectivity index (χ3v) is 5.72. The maximum atomic E-state index is 12.8. The van der Waals surface area contributed by atoms with Gasteiger partial charge in [0.2, 0.25) is 0 Å². The summed E-state index contributed by atoms with van der Waals surface area (Å²) in [4.78, 5) is 15.2. The zero-order chi connectivity index (χ0) is 16.1. The summed E-state index contributed by atoms with van der Waals surface area (Å²) in [5.41, 5.74) is 3.00. The van der Waals surface area contributed by atoms with E-state index in [1.807, 2.05) is 36.5 Å². The molecule has 4 nitrogen and oxygen atoms in total. The monoisotopic (exact) mass is 319 g/mol. The average Bonchev–Trinajstić information content (AvgIpc) is 3.00. The van der Waals surface area contributed by atoms with Gasteiger partial charge in [-0.25, -0.2) is 0 Å². The number of hydrogen-bond donors (Lipinski definition) is 1. The fraction of sp³-hybridized carbons (Fsp3) is 0.350. The Bertz CT molecular complexity index is 921. The maximum Gasteiger partial charge on any atom is 0.251 e. The van der Waals surface area contributed by atoms with Gasteiger partial charge in [-0.3, -0.25) is 4.79 Å². The molecular weight excluding hydrogens is 298 g/mol. The molecule has 0 aliphatic carbocycles. The minimum Gasteiger partial charge on any atom is -0.348 e. The van der Waals surface area contributed by atoms with Crippen molar-refractivity contribution in [2.75, 3.05) is 19.6 Å². The lowest BCUT2D eigenvalue weighted by Crippen LogP contribution is -2.57. The summed E-state index contributed by atoms with van der Waals surface area (Å²) in [5, 5.41) is 4.45. The second-order valence-electron chi connectivity index (χ2n) is 7.13. The minimum atomic E-state index is 0.0570. The van der Waals surface area contributed by atoms with Crippen LogP contribution >= 0.6 is 0 Å². The lowest BCUT2D eigenvalue weighted by atomic mass is 9.84. The number of fused-ring (bicyclic) bond motifs is 6. The van der Waals surface area contributed by atoms with Crippen LogP contribution in [0, 0.1) is 5.92 Å². The molecule has 3 fully saturated rings. The zero-order valence-corrected chi connectivity index (χ0v) is 13.6. The highest BCUT2D eigenvalue weighted by Crippen LogP contribution is 2.28. The van der Waals surface area contributed by atoms with E-state index < -0.39 is 0 Å². The van der Waals surface area contributed by atoms with Crippen LogP contribution in [0.3, 0.4) is 0 Å². The van der Waals surface area contributed by atoms with Crippen LogP contribution in [0.4, 0.5) is 0 Å². The molecule has 0 spiro atoms. The van der Waals surface area contributed by atoms with E-state index in [9.17, 15) is 4.79 Å². The number of carbonyl (C=O) groups is 1. The van der Waals surface area contributed by atoms with Crippen LogP contribution in [0.15, 0.2) is 48.7 Å². The number of nitrogens with zero attached hydrogens (tertiary/aromatic N) is 2. The molecule has 24 heavy (non-hydrogen) atoms. The third-order valence-electron chi connectivity index (χ3n) is 5.72. The normalized spacial score (nSPS) is 26.1. The Morgan fingerprint density at radius 2 is 1.96 bits per heavy atom. The number of aromatic nitrogens is 1. The smallest absolute Gasteiger partial charge is 0.251 e. The van der Waals surface area contributed by atoms with E-state index in [2.05, 4.69) is 26.8 Å². The summed E-state index contributed by atoms with van der Waals surface area (Å²) < 4.78 is 2.14. The van der Waals surface area contributed by atoms with E-state index in [-0.39, 0.29) is 5.91 Å². The van der Waals surface area contributed by atoms with Crippen molar-refractivity contribution in [3.8, 4) is 0 Å². The molecule has 3 aliphatic heterocycles. The number of benzene rings is 1. The van der Waals surface area contributed by atoms with Crippen LogP contribution in [0.25, 0.3) is 16.4 Å². The van der Waals surface area contributed by atoms with Crippen molar-refractivity contribution in [1.82, 2.24) is 14.6 Å². The van der Waals surface area contributed by atoms with Crippen molar-refractivity contribution in [1.29, 1.82) is 0 Å². The van der Waals surface area contributed by atoms with Crippen molar-refractivity contribution >= 4 is 22.3 Å². The summed E-state index contributed by atoms with van der Waals surface area (Å²) >= 11 is 0. The first-order valence-electron chi connectivity index (χ1n) is 8.81. The molecule has 3 aromatic rings. The Morgan fingerprint density at radius 1 is 1.08 bits per heavy atom. The van der Waals surface area contributed by atoms with Crippen molar-refractivity contribution in [2.24, 2.45) is 5.92 Å². The molecule has 3 saturated heterocycles. The third kappa shape index (κ3) is 2.21. The Labute approximate surface area is 141 Å². The van der Waals surface area contributed by atoms with Gasteiger partial charge in [-0.15, -0.1) is 0 Å². The summed E-state index contributed by atoms with van der Waals surface area (Å²) in [6.45, 7) is 3.39. The van der Waals surface area contributed by atoms with Gasteiger partial charge >= 0.3 is 0 Å². The molecule has 6 rings (SSSR count). The van der Waals surface area contributed by atoms with E-state index in [4.69, 9.17) is 0 Å². The number of hydrogen-bond acceptors (Lipinski definition) is 2. The Kier molecular flexibility index (Phi) is 3.13. The van der Waals surface area contributed by atoms with Gasteiger partial charge in [-0.1, -0.05) is 12.1 Å². The number of carbonyl (C=O) groups excluding carboxylic acids is 1. The molecule has 1 amide bonds. The summed E-state index contributed by atoms with van der Waals surface area (Å²) in [6, 6.07) is 14.6. The predicted octanol–water partition coefficient (Wildman–Crippen LogP) is 2.92. The molecule has 1 unspecified atom stereocenters. The first kappa shape index (κ1) is 14.1. The molecular formula is C20H21N3O. The molecule has 122 valence electrons. The average molecular weight is 319 g/mol. The van der Waals surface area contributed by atoms with Crippen LogP contribution in [0.1, 0.15) is 23.2 Å². The van der Waals surface area contributed by atoms with Gasteiger partial charge in [0.25, 0.3) is 5.91 Å². The van der Waals surface area contributed by atoms with E-state index in [1.54, 1.807) is 0 Å². The van der Waals surface area contributed by atoms with Gasteiger partial charge in [-0.05, 0) is 62.2 Å². The standard InChI is InChI=1S/C20H21N3O/c24-20(21-18-13-22-9-6-14(18)7-10-22)16-5-4-15-11-17-3-1-2-8-23(17)19(15)12-16/h1-5,8,11-12,14,18H,6-7,9-10,13H2,(H,21,24). The number of nitrogens with one attached hydrogen (secondary N) is 1. The van der Waals surface area contributed by atoms with Crippen LogP contribution in [-0.2, 0) is 0 Å². The Morgan fingerprint density at radius 3 is 2.75 bits per heavy atom. The van der Waals surface area contributed by atoms with Gasteiger partial charge in [0.1, 0.15) is 0 Å². The maximum absolute atomic E-state index is 12.8. The van der Waals surface area contributed by atoms with Gasteiger partial charge in [-0.2, -0.15) is 0 Å². The molecule has 1 N–H and O–H groups in total. The lowest BCUT2D eigenvalue weighted by Gasteiger charge is -2.44. The highest BCUT2D eigenvalue weighted by Gasteiger charge is 2.34. The molecule has 5 heterocycles. The van der Waals surface area contributed by atoms with Crippen LogP contribution < -0.4 is 5.32 Å². The van der Waals surface area contributed by atoms with Crippen molar-refractivity contribution in [2.45, 2.75) is 18.9 Å². The van der Waals surface area contributed by atoms with E-state index >= 15 is 0 Å². The van der Waals surface area contributed by atoms with Gasteiger partial charge in [0, 0.05) is 35.2 Å². The molecule has 4 heteroatoms. The SMILES string of the molecule is O=C(NC1CN2CCC1CC2)c1ccc2cc3ccccn3c2c1. The van der Waals surface area contributed by atoms with E-state index in [0.29, 0.717) is 12.0 Å². The predicted molar refractivity (Wildman–Crippen MR) is 95.3 cm³/mol. The highest BCUT2D eigenvalue weighted by atomic mass is 16.1. The molecule has 3 aliphatic rings. The largest absolute Gasteiger partial charge is 0.348 e. The molecule has 1 aromatic carbocycles. The second-order valence-corrected chi connectivity index (χ2v) is 7.13. The molecule has 2 bridgehead atoms. The quantitative estimate of drug-likeness (QED) is 0.788. The number of rotatable bonds is 2. The fourth-order valence-corrected chi connectivity index (χ4v) is 4.35. The van der Waals surface area contributed by atoms with Crippen molar-refractivity contribution in [3.63, 3.8) is 0 Å². The minimum absolute atomic E-state index is 0.0570. The topological polar surface area (TPSA) is 36.8 Å². The Balaban J connectivity index is 1.45. The molecule has 0 saturated carbocycles.